The van der Waals surface area contributed by atoms with Gasteiger partial charge in [-0.2, -0.15) is 0 Å². The third kappa shape index (κ3) is 5.38. The van der Waals surface area contributed by atoms with Crippen molar-refractivity contribution >= 4 is 10.9 Å². The molecule has 0 saturated carbocycles. The smallest absolute Gasteiger partial charge is 0.0457 e. The lowest BCUT2D eigenvalue weighted by molar-refractivity contribution is 0.219. The maximum absolute atomic E-state index is 3.39. The standard InChI is InChI=1S/C24H34N2.C2H6/c1-4-10-20(11-5-2)24-12-8-7-9-17-26(24)18-22-19(6-3)13-14-23-21(22)15-16-25-23;1-2/h4,10-11,13-16,24-25H,5-9,12,17-18H2,1-3H3;1-2H3/b10-4-,20-11+;. The van der Waals surface area contributed by atoms with Crippen molar-refractivity contribution in [1.82, 2.24) is 9.88 Å². The summed E-state index contributed by atoms with van der Waals surface area (Å²) in [6, 6.07) is 7.36. The lowest BCUT2D eigenvalue weighted by Gasteiger charge is -2.32. The van der Waals surface area contributed by atoms with Gasteiger partial charge in [-0.15, -0.1) is 0 Å². The Morgan fingerprint density at radius 1 is 1.14 bits per heavy atom. The van der Waals surface area contributed by atoms with Crippen LogP contribution in [0.25, 0.3) is 10.9 Å². The van der Waals surface area contributed by atoms with E-state index in [9.17, 15) is 0 Å². The van der Waals surface area contributed by atoms with Gasteiger partial charge in [-0.3, -0.25) is 4.90 Å². The summed E-state index contributed by atoms with van der Waals surface area (Å²) in [6.45, 7) is 12.9. The van der Waals surface area contributed by atoms with Gasteiger partial charge in [0.05, 0.1) is 0 Å². The lowest BCUT2D eigenvalue weighted by atomic mass is 9.96. The Bertz CT molecular complexity index is 766. The van der Waals surface area contributed by atoms with Crippen LogP contribution >= 0.6 is 0 Å². The van der Waals surface area contributed by atoms with Gasteiger partial charge in [-0.1, -0.05) is 64.8 Å². The second-order valence-corrected chi connectivity index (χ2v) is 7.44. The molecule has 0 aliphatic carbocycles. The molecule has 2 heteroatoms. The molecule has 0 bridgehead atoms. The first-order valence-electron chi connectivity index (χ1n) is 11.4. The Morgan fingerprint density at radius 3 is 2.68 bits per heavy atom. The number of rotatable bonds is 6. The summed E-state index contributed by atoms with van der Waals surface area (Å²) in [5.41, 5.74) is 5.79. The topological polar surface area (TPSA) is 19.0 Å². The van der Waals surface area contributed by atoms with Crippen molar-refractivity contribution in [2.24, 2.45) is 0 Å². The number of benzene rings is 1. The van der Waals surface area contributed by atoms with Crippen molar-refractivity contribution in [3.8, 4) is 0 Å². The fourth-order valence-electron chi connectivity index (χ4n) is 4.44. The molecular formula is C26H40N2. The van der Waals surface area contributed by atoms with Crippen LogP contribution in [0.2, 0.25) is 0 Å². The molecule has 154 valence electrons. The predicted octanol–water partition coefficient (Wildman–Crippen LogP) is 7.41. The van der Waals surface area contributed by atoms with Crippen molar-refractivity contribution < 1.29 is 0 Å². The minimum absolute atomic E-state index is 0.549. The molecule has 1 aliphatic rings. The van der Waals surface area contributed by atoms with Gasteiger partial charge in [-0.05, 0) is 68.0 Å². The Balaban J connectivity index is 0.00000136. The molecule has 1 saturated heterocycles. The molecule has 1 aliphatic heterocycles. The maximum atomic E-state index is 3.39. The van der Waals surface area contributed by atoms with Crippen LogP contribution in [0, 0.1) is 0 Å². The van der Waals surface area contributed by atoms with Crippen LogP contribution in [0.4, 0.5) is 0 Å². The van der Waals surface area contributed by atoms with E-state index in [0.717, 1.165) is 19.4 Å². The second-order valence-electron chi connectivity index (χ2n) is 7.44. The summed E-state index contributed by atoms with van der Waals surface area (Å²) in [7, 11) is 0. The largest absolute Gasteiger partial charge is 0.361 e. The van der Waals surface area contributed by atoms with Gasteiger partial charge in [0.1, 0.15) is 0 Å². The number of likely N-dealkylation sites (tertiary alicyclic amines) is 1. The number of aromatic nitrogens is 1. The van der Waals surface area contributed by atoms with Crippen molar-refractivity contribution in [3.63, 3.8) is 0 Å². The highest BCUT2D eigenvalue weighted by Gasteiger charge is 2.24. The Labute approximate surface area is 172 Å². The van der Waals surface area contributed by atoms with Gasteiger partial charge in [0.25, 0.3) is 0 Å². The summed E-state index contributed by atoms with van der Waals surface area (Å²) < 4.78 is 0. The Hall–Kier alpha value is -1.80. The predicted molar refractivity (Wildman–Crippen MR) is 125 cm³/mol. The van der Waals surface area contributed by atoms with Gasteiger partial charge in [-0.25, -0.2) is 0 Å². The fraction of sp³-hybridized carbons (Fsp3) is 0.538. The second kappa shape index (κ2) is 11.9. The molecule has 2 nitrogen and oxygen atoms in total. The van der Waals surface area contributed by atoms with Gasteiger partial charge in [0.15, 0.2) is 0 Å². The molecule has 1 unspecified atom stereocenters. The highest BCUT2D eigenvalue weighted by Crippen LogP contribution is 2.29. The van der Waals surface area contributed by atoms with Crippen molar-refractivity contribution in [1.29, 1.82) is 0 Å². The highest BCUT2D eigenvalue weighted by atomic mass is 15.2. The van der Waals surface area contributed by atoms with Gasteiger partial charge >= 0.3 is 0 Å². The van der Waals surface area contributed by atoms with E-state index >= 15 is 0 Å². The summed E-state index contributed by atoms with van der Waals surface area (Å²) in [4.78, 5) is 6.14. The summed E-state index contributed by atoms with van der Waals surface area (Å²) in [5.74, 6) is 0. The first-order chi connectivity index (χ1) is 13.8. The number of fused-ring (bicyclic) bond motifs is 1. The summed E-state index contributed by atoms with van der Waals surface area (Å²) >= 11 is 0. The van der Waals surface area contributed by atoms with E-state index in [4.69, 9.17) is 0 Å². The molecule has 3 rings (SSSR count). The zero-order chi connectivity index (χ0) is 20.4. The minimum atomic E-state index is 0.549. The maximum Gasteiger partial charge on any atom is 0.0457 e. The molecule has 0 radical (unpaired) electrons. The van der Waals surface area contributed by atoms with E-state index in [-0.39, 0.29) is 0 Å². The molecule has 1 N–H and O–H groups in total. The highest BCUT2D eigenvalue weighted by molar-refractivity contribution is 5.84. The number of aryl methyl sites for hydroxylation is 1. The van der Waals surface area contributed by atoms with Crippen LogP contribution in [0.15, 0.2) is 48.2 Å². The first-order valence-corrected chi connectivity index (χ1v) is 11.4. The number of aromatic amines is 1. The average molecular weight is 381 g/mol. The molecule has 1 aromatic heterocycles. The van der Waals surface area contributed by atoms with Gasteiger partial charge < -0.3 is 4.98 Å². The van der Waals surface area contributed by atoms with E-state index in [2.05, 4.69) is 73.3 Å². The summed E-state index contributed by atoms with van der Waals surface area (Å²) in [5, 5.41) is 1.40. The molecule has 1 fully saturated rings. The average Bonchev–Trinajstić information content (AvgIpc) is 3.09. The van der Waals surface area contributed by atoms with Crippen LogP contribution in [0.1, 0.15) is 77.8 Å². The van der Waals surface area contributed by atoms with Gasteiger partial charge in [0.2, 0.25) is 0 Å². The zero-order valence-electron chi connectivity index (χ0n) is 18.7. The SMILES string of the molecule is C/C=C\C(=C/CC)C1CCCCCN1Cc1c(CC)ccc2[nH]ccc12.CC. The first kappa shape index (κ1) is 22.5. The molecular weight excluding hydrogens is 340 g/mol. The molecule has 28 heavy (non-hydrogen) atoms. The van der Waals surface area contributed by atoms with Crippen LogP contribution in [-0.2, 0) is 13.0 Å². The zero-order valence-corrected chi connectivity index (χ0v) is 18.7. The monoisotopic (exact) mass is 380 g/mol. The fourth-order valence-corrected chi connectivity index (χ4v) is 4.44. The Kier molecular flexibility index (Phi) is 9.57. The van der Waals surface area contributed by atoms with E-state index in [1.54, 1.807) is 0 Å². The van der Waals surface area contributed by atoms with E-state index < -0.39 is 0 Å². The molecule has 2 heterocycles. The van der Waals surface area contributed by atoms with Gasteiger partial charge in [0, 0.05) is 29.7 Å². The summed E-state index contributed by atoms with van der Waals surface area (Å²) in [6.07, 6.45) is 16.6. The quantitative estimate of drug-likeness (QED) is 0.517. The number of allylic oxidation sites excluding steroid dienone is 2. The minimum Gasteiger partial charge on any atom is -0.361 e. The number of hydrogen-bond acceptors (Lipinski definition) is 1. The van der Waals surface area contributed by atoms with Crippen LogP contribution < -0.4 is 0 Å². The van der Waals surface area contributed by atoms with Crippen molar-refractivity contribution in [3.05, 3.63) is 59.3 Å². The van der Waals surface area contributed by atoms with E-state index in [1.165, 1.54) is 59.8 Å². The molecule has 2 aromatic rings. The molecule has 1 aromatic carbocycles. The Morgan fingerprint density at radius 2 is 1.96 bits per heavy atom. The van der Waals surface area contributed by atoms with E-state index in [0.29, 0.717) is 6.04 Å². The van der Waals surface area contributed by atoms with E-state index in [1.807, 2.05) is 13.8 Å². The van der Waals surface area contributed by atoms with Crippen LogP contribution in [0.3, 0.4) is 0 Å². The molecule has 1 atom stereocenters. The van der Waals surface area contributed by atoms with Crippen molar-refractivity contribution in [2.45, 2.75) is 85.7 Å². The third-order valence-electron chi connectivity index (χ3n) is 5.73. The van der Waals surface area contributed by atoms with Crippen LogP contribution in [0.5, 0.6) is 0 Å². The van der Waals surface area contributed by atoms with Crippen LogP contribution in [-0.4, -0.2) is 22.5 Å². The van der Waals surface area contributed by atoms with Crippen molar-refractivity contribution in [2.75, 3.05) is 6.54 Å². The third-order valence-corrected chi connectivity index (χ3v) is 5.73. The number of nitrogens with zero attached hydrogens (tertiary/aromatic N) is 1. The number of hydrogen-bond donors (Lipinski definition) is 1. The number of nitrogens with one attached hydrogen (secondary N) is 1. The molecule has 0 spiro atoms. The molecule has 0 amide bonds. The lowest BCUT2D eigenvalue weighted by Crippen LogP contribution is -2.35. The number of H-pyrrole nitrogens is 1. The normalized spacial score (nSPS) is 18.9.